The van der Waals surface area contributed by atoms with Crippen LogP contribution in [0.25, 0.3) is 0 Å². The van der Waals surface area contributed by atoms with E-state index in [0.29, 0.717) is 12.2 Å². The first kappa shape index (κ1) is 23.1. The zero-order valence-electron chi connectivity index (χ0n) is 18.3. The number of nitrogens with zero attached hydrogens (tertiary/aromatic N) is 1. The van der Waals surface area contributed by atoms with Gasteiger partial charge in [0.25, 0.3) is 5.91 Å². The summed E-state index contributed by atoms with van der Waals surface area (Å²) in [7, 11) is 1.67. The molecule has 30 heavy (non-hydrogen) atoms. The van der Waals surface area contributed by atoms with Gasteiger partial charge in [0.1, 0.15) is 0 Å². The molecule has 2 amide bonds. The Kier molecular flexibility index (Phi) is 7.75. The molecule has 2 aromatic carbocycles. The highest BCUT2D eigenvalue weighted by molar-refractivity contribution is 5.97. The van der Waals surface area contributed by atoms with E-state index in [1.165, 1.54) is 16.5 Å². The number of esters is 1. The minimum absolute atomic E-state index is 0.156. The highest BCUT2D eigenvalue weighted by Gasteiger charge is 2.21. The van der Waals surface area contributed by atoms with Gasteiger partial charge in [-0.3, -0.25) is 9.59 Å². The predicted octanol–water partition coefficient (Wildman–Crippen LogP) is 4.05. The Bertz CT molecular complexity index is 898. The first-order chi connectivity index (χ1) is 14.1. The number of hydrogen-bond acceptors (Lipinski definition) is 4. The van der Waals surface area contributed by atoms with Crippen molar-refractivity contribution in [2.45, 2.75) is 40.7 Å². The van der Waals surface area contributed by atoms with Gasteiger partial charge in [0.15, 0.2) is 6.61 Å². The number of hydrogen-bond donors (Lipinski definition) is 1. The summed E-state index contributed by atoms with van der Waals surface area (Å²) in [5.41, 5.74) is 2.47. The van der Waals surface area contributed by atoms with E-state index in [0.717, 1.165) is 12.0 Å². The van der Waals surface area contributed by atoms with Crippen LogP contribution in [0.5, 0.6) is 0 Å². The topological polar surface area (TPSA) is 75.7 Å². The van der Waals surface area contributed by atoms with Crippen LogP contribution in [0.4, 0.5) is 5.69 Å². The largest absolute Gasteiger partial charge is 0.452 e. The molecular weight excluding hydrogens is 380 g/mol. The monoisotopic (exact) mass is 410 g/mol. The SMILES string of the molecule is CCc1ccc(CN(C)C(=O)COC(=O)c2cccc(NC(=O)C(C)(C)C)c2)cc1. The van der Waals surface area contributed by atoms with Crippen molar-refractivity contribution < 1.29 is 19.1 Å². The summed E-state index contributed by atoms with van der Waals surface area (Å²) in [5.74, 6) is -1.06. The number of benzene rings is 2. The zero-order valence-corrected chi connectivity index (χ0v) is 18.3. The van der Waals surface area contributed by atoms with Crippen LogP contribution in [0.15, 0.2) is 48.5 Å². The van der Waals surface area contributed by atoms with Crippen LogP contribution in [-0.4, -0.2) is 36.3 Å². The molecule has 2 aromatic rings. The molecule has 6 nitrogen and oxygen atoms in total. The Morgan fingerprint density at radius 1 is 1.00 bits per heavy atom. The number of carbonyl (C=O) groups excluding carboxylic acids is 3. The van der Waals surface area contributed by atoms with E-state index < -0.39 is 11.4 Å². The second-order valence-electron chi connectivity index (χ2n) is 8.28. The van der Waals surface area contributed by atoms with Gasteiger partial charge in [-0.25, -0.2) is 4.79 Å². The van der Waals surface area contributed by atoms with E-state index in [1.807, 2.05) is 24.3 Å². The van der Waals surface area contributed by atoms with E-state index in [4.69, 9.17) is 4.74 Å². The maximum absolute atomic E-state index is 12.3. The molecule has 160 valence electrons. The quantitative estimate of drug-likeness (QED) is 0.699. The standard InChI is InChI=1S/C24H30N2O4/c1-6-17-10-12-18(13-11-17)15-26(5)21(27)16-30-22(28)19-8-7-9-20(14-19)25-23(29)24(2,3)4/h7-14H,6,15-16H2,1-5H3,(H,25,29). The molecule has 1 N–H and O–H groups in total. The van der Waals surface area contributed by atoms with Gasteiger partial charge in [-0.1, -0.05) is 58.0 Å². The molecular formula is C24H30N2O4. The molecule has 0 aliphatic heterocycles. The van der Waals surface area contributed by atoms with E-state index in [2.05, 4.69) is 12.2 Å². The third-order valence-corrected chi connectivity index (χ3v) is 4.64. The van der Waals surface area contributed by atoms with Crippen molar-refractivity contribution >= 4 is 23.5 Å². The average Bonchev–Trinajstić information content (AvgIpc) is 2.71. The molecule has 0 spiro atoms. The number of amides is 2. The molecule has 0 aromatic heterocycles. The third-order valence-electron chi connectivity index (χ3n) is 4.64. The summed E-state index contributed by atoms with van der Waals surface area (Å²) in [6.07, 6.45) is 0.964. The van der Waals surface area contributed by atoms with Gasteiger partial charge in [-0.05, 0) is 35.7 Å². The van der Waals surface area contributed by atoms with Crippen molar-refractivity contribution in [1.29, 1.82) is 0 Å². The number of anilines is 1. The van der Waals surface area contributed by atoms with E-state index in [9.17, 15) is 14.4 Å². The van der Waals surface area contributed by atoms with Crippen LogP contribution >= 0.6 is 0 Å². The number of aryl methyl sites for hydroxylation is 1. The number of carbonyl (C=O) groups is 3. The van der Waals surface area contributed by atoms with Gasteiger partial charge in [0, 0.05) is 24.7 Å². The fourth-order valence-corrected chi connectivity index (χ4v) is 2.61. The average molecular weight is 411 g/mol. The lowest BCUT2D eigenvalue weighted by atomic mass is 9.95. The molecule has 0 aliphatic carbocycles. The first-order valence-electron chi connectivity index (χ1n) is 10.0. The molecule has 0 saturated heterocycles. The van der Waals surface area contributed by atoms with E-state index >= 15 is 0 Å². The number of nitrogens with one attached hydrogen (secondary N) is 1. The fourth-order valence-electron chi connectivity index (χ4n) is 2.61. The molecule has 0 aliphatic rings. The molecule has 2 rings (SSSR count). The summed E-state index contributed by atoms with van der Waals surface area (Å²) < 4.78 is 5.17. The Balaban J connectivity index is 1.90. The lowest BCUT2D eigenvalue weighted by molar-refractivity contribution is -0.133. The Hall–Kier alpha value is -3.15. The summed E-state index contributed by atoms with van der Waals surface area (Å²) >= 11 is 0. The second-order valence-corrected chi connectivity index (χ2v) is 8.28. The summed E-state index contributed by atoms with van der Waals surface area (Å²) in [4.78, 5) is 38.3. The minimum Gasteiger partial charge on any atom is -0.452 e. The molecule has 0 atom stereocenters. The molecule has 0 radical (unpaired) electrons. The molecule has 0 bridgehead atoms. The molecule has 6 heteroatoms. The number of rotatable bonds is 7. The highest BCUT2D eigenvalue weighted by atomic mass is 16.5. The fraction of sp³-hybridized carbons (Fsp3) is 0.375. The van der Waals surface area contributed by atoms with Gasteiger partial charge in [-0.2, -0.15) is 0 Å². The smallest absolute Gasteiger partial charge is 0.338 e. The van der Waals surface area contributed by atoms with Crippen LogP contribution in [-0.2, 0) is 27.3 Å². The van der Waals surface area contributed by atoms with Crippen LogP contribution in [0.3, 0.4) is 0 Å². The Morgan fingerprint density at radius 2 is 1.63 bits per heavy atom. The normalized spacial score (nSPS) is 11.0. The summed E-state index contributed by atoms with van der Waals surface area (Å²) in [6, 6.07) is 14.5. The molecule has 0 heterocycles. The first-order valence-corrected chi connectivity index (χ1v) is 10.0. The van der Waals surface area contributed by atoms with Crippen molar-refractivity contribution in [2.75, 3.05) is 19.0 Å². The van der Waals surface area contributed by atoms with Gasteiger partial charge in [-0.15, -0.1) is 0 Å². The van der Waals surface area contributed by atoms with Crippen molar-refractivity contribution in [3.8, 4) is 0 Å². The van der Waals surface area contributed by atoms with Crippen LogP contribution < -0.4 is 5.32 Å². The molecule has 0 saturated carbocycles. The number of ether oxygens (including phenoxy) is 1. The third kappa shape index (κ3) is 6.72. The molecule has 0 fully saturated rings. The summed E-state index contributed by atoms with van der Waals surface area (Å²) in [6.45, 7) is 7.60. The minimum atomic E-state index is -0.615. The van der Waals surface area contributed by atoms with Gasteiger partial charge in [0.05, 0.1) is 5.56 Å². The van der Waals surface area contributed by atoms with Crippen LogP contribution in [0, 0.1) is 5.41 Å². The van der Waals surface area contributed by atoms with E-state index in [-0.39, 0.29) is 24.0 Å². The number of likely N-dealkylation sites (N-methyl/N-ethyl adjacent to an activating group) is 1. The van der Waals surface area contributed by atoms with Gasteiger partial charge < -0.3 is 15.0 Å². The van der Waals surface area contributed by atoms with E-state index in [1.54, 1.807) is 46.0 Å². The van der Waals surface area contributed by atoms with Crippen molar-refractivity contribution in [3.63, 3.8) is 0 Å². The Labute approximate surface area is 178 Å². The van der Waals surface area contributed by atoms with Gasteiger partial charge in [0.2, 0.25) is 5.91 Å². The Morgan fingerprint density at radius 3 is 2.23 bits per heavy atom. The van der Waals surface area contributed by atoms with Crippen molar-refractivity contribution in [3.05, 3.63) is 65.2 Å². The van der Waals surface area contributed by atoms with Gasteiger partial charge >= 0.3 is 5.97 Å². The van der Waals surface area contributed by atoms with Crippen molar-refractivity contribution in [1.82, 2.24) is 4.90 Å². The second kappa shape index (κ2) is 10.1. The zero-order chi connectivity index (χ0) is 22.3. The van der Waals surface area contributed by atoms with Crippen LogP contribution in [0.1, 0.15) is 49.2 Å². The highest BCUT2D eigenvalue weighted by Crippen LogP contribution is 2.18. The van der Waals surface area contributed by atoms with Crippen LogP contribution in [0.2, 0.25) is 0 Å². The summed E-state index contributed by atoms with van der Waals surface area (Å²) in [5, 5.41) is 2.77. The molecule has 0 unspecified atom stereocenters. The maximum atomic E-state index is 12.3. The van der Waals surface area contributed by atoms with Crippen molar-refractivity contribution in [2.24, 2.45) is 5.41 Å². The lowest BCUT2D eigenvalue weighted by Gasteiger charge is -2.18. The predicted molar refractivity (Wildman–Crippen MR) is 117 cm³/mol. The lowest BCUT2D eigenvalue weighted by Crippen LogP contribution is -2.30. The maximum Gasteiger partial charge on any atom is 0.338 e.